The lowest BCUT2D eigenvalue weighted by Crippen LogP contribution is -2.39. The van der Waals surface area contributed by atoms with Crippen molar-refractivity contribution in [3.63, 3.8) is 0 Å². The summed E-state index contributed by atoms with van der Waals surface area (Å²) in [5.41, 5.74) is 0.496. The zero-order chi connectivity index (χ0) is 27.9. The molecule has 0 aliphatic carbocycles. The Balaban J connectivity index is 1.60. The van der Waals surface area contributed by atoms with E-state index in [2.05, 4.69) is 20.9 Å². The molecule has 1 aliphatic heterocycles. The van der Waals surface area contributed by atoms with Crippen molar-refractivity contribution in [2.75, 3.05) is 6.61 Å². The highest BCUT2D eigenvalue weighted by atomic mass is 79.9. The van der Waals surface area contributed by atoms with Crippen molar-refractivity contribution < 1.29 is 27.1 Å². The lowest BCUT2D eigenvalue weighted by atomic mass is 9.96. The van der Waals surface area contributed by atoms with Crippen molar-refractivity contribution in [1.82, 2.24) is 4.57 Å². The molecule has 1 atom stereocenters. The Morgan fingerprint density at radius 3 is 2.62 bits per heavy atom. The number of allylic oxidation sites excluding steroid dienone is 1. The number of nitrogens with zero attached hydrogens (tertiary/aromatic N) is 2. The predicted molar refractivity (Wildman–Crippen MR) is 144 cm³/mol. The summed E-state index contributed by atoms with van der Waals surface area (Å²) in [5, 5.41) is 0. The number of thiazole rings is 1. The molecular weight excluding hydrogens is 597 g/mol. The lowest BCUT2D eigenvalue weighted by Gasteiger charge is -2.24. The van der Waals surface area contributed by atoms with Gasteiger partial charge in [-0.1, -0.05) is 51.5 Å². The van der Waals surface area contributed by atoms with E-state index in [0.29, 0.717) is 20.6 Å². The molecule has 3 heterocycles. The molecule has 0 unspecified atom stereocenters. The second-order valence-electron chi connectivity index (χ2n) is 8.63. The van der Waals surface area contributed by atoms with Crippen molar-refractivity contribution in [2.45, 2.75) is 26.1 Å². The first-order valence-corrected chi connectivity index (χ1v) is 13.4. The maximum atomic E-state index is 13.7. The number of benzene rings is 2. The molecule has 0 radical (unpaired) electrons. The van der Waals surface area contributed by atoms with Crippen LogP contribution in [0.2, 0.25) is 0 Å². The van der Waals surface area contributed by atoms with Gasteiger partial charge in [0.15, 0.2) is 4.80 Å². The van der Waals surface area contributed by atoms with Crippen molar-refractivity contribution in [1.29, 1.82) is 0 Å². The van der Waals surface area contributed by atoms with E-state index in [1.54, 1.807) is 26.0 Å². The van der Waals surface area contributed by atoms with Gasteiger partial charge in [-0.3, -0.25) is 9.36 Å². The van der Waals surface area contributed by atoms with Crippen LogP contribution in [-0.2, 0) is 15.7 Å². The minimum absolute atomic E-state index is 0.166. The number of furan rings is 1. The van der Waals surface area contributed by atoms with Gasteiger partial charge in [0.1, 0.15) is 11.5 Å². The van der Waals surface area contributed by atoms with Gasteiger partial charge in [-0.15, -0.1) is 0 Å². The first kappa shape index (κ1) is 26.9. The Kier molecular flexibility index (Phi) is 7.21. The van der Waals surface area contributed by atoms with Crippen LogP contribution in [0.15, 0.2) is 90.6 Å². The molecule has 5 rings (SSSR count). The second kappa shape index (κ2) is 10.5. The number of carbonyl (C=O) groups is 1. The highest BCUT2D eigenvalue weighted by Crippen LogP contribution is 2.33. The van der Waals surface area contributed by atoms with Crippen LogP contribution in [0.25, 0.3) is 17.4 Å². The molecule has 0 N–H and O–H groups in total. The van der Waals surface area contributed by atoms with Gasteiger partial charge in [0, 0.05) is 16.1 Å². The summed E-state index contributed by atoms with van der Waals surface area (Å²) in [4.78, 5) is 31.5. The first-order chi connectivity index (χ1) is 18.6. The topological polar surface area (TPSA) is 73.8 Å². The van der Waals surface area contributed by atoms with Gasteiger partial charge in [0.05, 0.1) is 34.0 Å². The van der Waals surface area contributed by atoms with Gasteiger partial charge in [-0.2, -0.15) is 13.2 Å². The number of aromatic nitrogens is 1. The van der Waals surface area contributed by atoms with E-state index < -0.39 is 29.3 Å². The van der Waals surface area contributed by atoms with Crippen molar-refractivity contribution in [2.24, 2.45) is 4.99 Å². The SMILES string of the molecule is CCOC(=O)C1=C(C)N=c2s/c(=C\c3ccc(-c4cccc(C(F)(F)F)c4)o3)c(=O)n2[C@H]1c1ccc(Br)cc1. The molecule has 0 spiro atoms. The summed E-state index contributed by atoms with van der Waals surface area (Å²) in [5.74, 6) is -0.0415. The van der Waals surface area contributed by atoms with E-state index in [-0.39, 0.29) is 29.3 Å². The highest BCUT2D eigenvalue weighted by molar-refractivity contribution is 9.10. The Morgan fingerprint density at radius 1 is 1.18 bits per heavy atom. The molecule has 6 nitrogen and oxygen atoms in total. The smallest absolute Gasteiger partial charge is 0.416 e. The molecule has 2 aromatic heterocycles. The fourth-order valence-electron chi connectivity index (χ4n) is 4.32. The third-order valence-corrected chi connectivity index (χ3v) is 7.59. The number of rotatable bonds is 5. The van der Waals surface area contributed by atoms with Crippen LogP contribution in [0.3, 0.4) is 0 Å². The van der Waals surface area contributed by atoms with E-state index in [4.69, 9.17) is 9.15 Å². The van der Waals surface area contributed by atoms with Crippen LogP contribution in [0, 0.1) is 0 Å². The molecule has 200 valence electrons. The summed E-state index contributed by atoms with van der Waals surface area (Å²) in [6.07, 6.45) is -2.96. The number of carbonyl (C=O) groups excluding carboxylic acids is 1. The molecule has 2 aromatic carbocycles. The third-order valence-electron chi connectivity index (χ3n) is 6.08. The van der Waals surface area contributed by atoms with E-state index in [0.717, 1.165) is 27.9 Å². The number of halogens is 4. The van der Waals surface area contributed by atoms with Crippen LogP contribution in [-0.4, -0.2) is 17.1 Å². The Bertz CT molecular complexity index is 1780. The summed E-state index contributed by atoms with van der Waals surface area (Å²) in [7, 11) is 0. The third kappa shape index (κ3) is 5.28. The van der Waals surface area contributed by atoms with E-state index in [9.17, 15) is 22.8 Å². The van der Waals surface area contributed by atoms with Crippen LogP contribution in [0.1, 0.15) is 36.8 Å². The second-order valence-corrected chi connectivity index (χ2v) is 10.6. The Morgan fingerprint density at radius 2 is 1.92 bits per heavy atom. The quantitative estimate of drug-likeness (QED) is 0.264. The normalized spacial score (nSPS) is 15.7. The van der Waals surface area contributed by atoms with Gasteiger partial charge in [-0.25, -0.2) is 9.79 Å². The molecule has 39 heavy (non-hydrogen) atoms. The highest BCUT2D eigenvalue weighted by Gasteiger charge is 2.33. The lowest BCUT2D eigenvalue weighted by molar-refractivity contribution is -0.139. The number of hydrogen-bond donors (Lipinski definition) is 0. The van der Waals surface area contributed by atoms with Crippen LogP contribution < -0.4 is 14.9 Å². The van der Waals surface area contributed by atoms with Crippen molar-refractivity contribution in [3.05, 3.63) is 113 Å². The molecule has 0 bridgehead atoms. The number of esters is 1. The van der Waals surface area contributed by atoms with Gasteiger partial charge >= 0.3 is 12.1 Å². The van der Waals surface area contributed by atoms with Crippen LogP contribution in [0.4, 0.5) is 13.2 Å². The molecule has 0 saturated carbocycles. The summed E-state index contributed by atoms with van der Waals surface area (Å²) >= 11 is 4.53. The summed E-state index contributed by atoms with van der Waals surface area (Å²) in [6.45, 7) is 3.57. The fourth-order valence-corrected chi connectivity index (χ4v) is 5.61. The number of hydrogen-bond acceptors (Lipinski definition) is 6. The van der Waals surface area contributed by atoms with E-state index in [1.165, 1.54) is 22.8 Å². The van der Waals surface area contributed by atoms with Crippen LogP contribution >= 0.6 is 27.3 Å². The molecule has 0 fully saturated rings. The summed E-state index contributed by atoms with van der Waals surface area (Å²) in [6, 6.07) is 14.5. The van der Waals surface area contributed by atoms with E-state index >= 15 is 0 Å². The zero-order valence-electron chi connectivity index (χ0n) is 20.6. The fraction of sp³-hybridized carbons (Fsp3) is 0.179. The van der Waals surface area contributed by atoms with Crippen molar-refractivity contribution in [3.8, 4) is 11.3 Å². The zero-order valence-corrected chi connectivity index (χ0v) is 23.0. The van der Waals surface area contributed by atoms with Gasteiger partial charge in [-0.05, 0) is 55.8 Å². The van der Waals surface area contributed by atoms with Gasteiger partial charge in [0.25, 0.3) is 5.56 Å². The number of ether oxygens (including phenoxy) is 1. The van der Waals surface area contributed by atoms with E-state index in [1.807, 2.05) is 24.3 Å². The predicted octanol–water partition coefficient (Wildman–Crippen LogP) is 5.84. The van der Waals surface area contributed by atoms with Crippen LogP contribution in [0.5, 0.6) is 0 Å². The molecular formula is C28H20BrF3N2O4S. The molecule has 0 amide bonds. The average molecular weight is 617 g/mol. The monoisotopic (exact) mass is 616 g/mol. The number of alkyl halides is 3. The maximum Gasteiger partial charge on any atom is 0.416 e. The standard InChI is InChI=1S/C28H20BrF3N2O4S/c1-3-37-26(36)23-15(2)33-27-34(24(23)16-7-9-19(29)10-8-16)25(35)22(39-27)14-20-11-12-21(38-20)17-5-4-6-18(13-17)28(30,31)32/h4-14,24H,3H2,1-2H3/b22-14-/t24-/m0/s1. The summed E-state index contributed by atoms with van der Waals surface area (Å²) < 4.78 is 53.1. The first-order valence-electron chi connectivity index (χ1n) is 11.8. The van der Waals surface area contributed by atoms with Gasteiger partial charge < -0.3 is 9.15 Å². The Labute approximate surface area is 232 Å². The maximum absolute atomic E-state index is 13.7. The van der Waals surface area contributed by atoms with Crippen molar-refractivity contribution >= 4 is 39.3 Å². The molecule has 4 aromatic rings. The average Bonchev–Trinajstić information content (AvgIpc) is 3.48. The largest absolute Gasteiger partial charge is 0.463 e. The Hall–Kier alpha value is -3.70. The molecule has 11 heteroatoms. The number of fused-ring (bicyclic) bond motifs is 1. The minimum Gasteiger partial charge on any atom is -0.463 e. The molecule has 0 saturated heterocycles. The molecule has 1 aliphatic rings. The van der Waals surface area contributed by atoms with Gasteiger partial charge in [0.2, 0.25) is 0 Å². The minimum atomic E-state index is -4.48.